The van der Waals surface area contributed by atoms with Gasteiger partial charge in [0.2, 0.25) is 5.71 Å². The van der Waals surface area contributed by atoms with Crippen molar-refractivity contribution in [3.8, 4) is 33.8 Å². The molecule has 1 aliphatic rings. The number of benzene rings is 3. The number of fused-ring (bicyclic) bond motifs is 3. The number of furan rings is 1. The van der Waals surface area contributed by atoms with Crippen molar-refractivity contribution >= 4 is 39.7 Å². The van der Waals surface area contributed by atoms with Crippen LogP contribution in [0.2, 0.25) is 17.3 Å². The molecular formula is C48H51GeIrN3O-2. The third-order valence-corrected chi connectivity index (χ3v) is 15.3. The van der Waals surface area contributed by atoms with Gasteiger partial charge in [0.25, 0.3) is 0 Å². The monoisotopic (exact) mass is 952 g/mol. The molecule has 4 nitrogen and oxygen atoms in total. The van der Waals surface area contributed by atoms with E-state index in [1.54, 1.807) is 9.96 Å². The van der Waals surface area contributed by atoms with Crippen LogP contribution in [0.3, 0.4) is 0 Å². The summed E-state index contributed by atoms with van der Waals surface area (Å²) in [6.07, 6.45) is 13.2. The molecule has 0 amide bonds. The van der Waals surface area contributed by atoms with Crippen LogP contribution in [0.15, 0.2) is 108 Å². The Balaban J connectivity index is 0.000000187. The largest absolute Gasteiger partial charge is 0 e. The molecule has 3 aromatic carbocycles. The molecule has 4 aromatic heterocycles. The number of hydrogen-bond donors (Lipinski definition) is 0. The molecule has 1 aliphatic carbocycles. The fourth-order valence-electron chi connectivity index (χ4n) is 7.91. The van der Waals surface area contributed by atoms with Gasteiger partial charge >= 0.3 is 144 Å². The third-order valence-electron chi connectivity index (χ3n) is 10.9. The van der Waals surface area contributed by atoms with Crippen LogP contribution >= 0.6 is 0 Å². The molecule has 0 saturated heterocycles. The van der Waals surface area contributed by atoms with Gasteiger partial charge in [-0.1, -0.05) is 73.3 Å². The van der Waals surface area contributed by atoms with Crippen LogP contribution in [0.1, 0.15) is 75.0 Å². The molecule has 0 spiro atoms. The average molecular weight is 951 g/mol. The Bertz CT molecular complexity index is 2320. The van der Waals surface area contributed by atoms with E-state index in [1.807, 2.05) is 36.5 Å². The Morgan fingerprint density at radius 2 is 1.57 bits per heavy atom. The van der Waals surface area contributed by atoms with E-state index in [9.17, 15) is 0 Å². The molecule has 6 heteroatoms. The van der Waals surface area contributed by atoms with Gasteiger partial charge in [0, 0.05) is 37.3 Å². The van der Waals surface area contributed by atoms with Gasteiger partial charge in [0.1, 0.15) is 0 Å². The van der Waals surface area contributed by atoms with Gasteiger partial charge in [-0.2, -0.15) is 0 Å². The molecule has 7 aromatic rings. The second kappa shape index (κ2) is 17.7. The van der Waals surface area contributed by atoms with Crippen molar-refractivity contribution in [1.82, 2.24) is 15.0 Å². The molecule has 4 heterocycles. The Hall–Kier alpha value is -3.90. The van der Waals surface area contributed by atoms with Gasteiger partial charge in [0.05, 0.1) is 11.3 Å². The standard InChI is InChI=1S/C27H23N2O.C21H28GeN.Ir/c1-3-18(4-2)20-14-15-28-25(16-20)21-10-11-22-23-12-13-24(19-8-6-5-7-9-19)29-27(23)30-26(22)17-21;1-16-9-5-8-12-19(16)21-14-18(13-17-10-6-7-11-17)20(15-23-21)22(2,3)4;/h5-16,18H,3-4H2,1-2H3;5,8-9,14-15,17H,6-7,10-11,13H2,1-4H3;/q2*-1;. The summed E-state index contributed by atoms with van der Waals surface area (Å²) in [5, 5.41) is 2.03. The summed E-state index contributed by atoms with van der Waals surface area (Å²) in [4.78, 5) is 14.2. The van der Waals surface area contributed by atoms with E-state index in [4.69, 9.17) is 14.4 Å². The molecule has 279 valence electrons. The minimum atomic E-state index is -1.89. The van der Waals surface area contributed by atoms with Crippen molar-refractivity contribution in [2.45, 2.75) is 88.9 Å². The summed E-state index contributed by atoms with van der Waals surface area (Å²) in [5.41, 5.74) is 11.6. The second-order valence-corrected chi connectivity index (χ2v) is 26.3. The van der Waals surface area contributed by atoms with Crippen LogP contribution in [0.25, 0.3) is 55.8 Å². The first kappa shape index (κ1) is 39.8. The summed E-state index contributed by atoms with van der Waals surface area (Å²) in [7, 11) is 0. The predicted octanol–water partition coefficient (Wildman–Crippen LogP) is 12.5. The molecule has 0 aliphatic heterocycles. The molecule has 1 fully saturated rings. The zero-order valence-corrected chi connectivity index (χ0v) is 37.0. The number of aryl methyl sites for hydroxylation is 1. The second-order valence-electron chi connectivity index (χ2n) is 15.7. The van der Waals surface area contributed by atoms with Crippen LogP contribution in [-0.2, 0) is 26.5 Å². The Morgan fingerprint density at radius 1 is 0.815 bits per heavy atom. The fraction of sp³-hybridized carbons (Fsp3) is 0.312. The number of hydrogen-bond acceptors (Lipinski definition) is 4. The van der Waals surface area contributed by atoms with Crippen molar-refractivity contribution in [3.05, 3.63) is 132 Å². The summed E-state index contributed by atoms with van der Waals surface area (Å²) < 4.78 is 7.69. The van der Waals surface area contributed by atoms with Gasteiger partial charge in [-0.25, -0.2) is 4.98 Å². The number of aromatic nitrogens is 3. The molecule has 0 unspecified atom stereocenters. The van der Waals surface area contributed by atoms with Crippen LogP contribution in [-0.4, -0.2) is 28.2 Å². The zero-order chi connectivity index (χ0) is 37.0. The summed E-state index contributed by atoms with van der Waals surface area (Å²) in [6, 6.07) is 38.1. The van der Waals surface area contributed by atoms with Crippen LogP contribution in [0, 0.1) is 25.0 Å². The SMILES string of the molecule is CCC(CC)c1ccnc(-c2[c-]c3oc4nc(-c5ccccc5)ccc4c3cc2)c1.Cc1ccc[c-]c1-c1cc(CC2CCCC2)[c]([Ge]([CH3])([CH3])[CH3])cn1.[Ir]. The molecule has 54 heavy (non-hydrogen) atoms. The Morgan fingerprint density at radius 3 is 2.30 bits per heavy atom. The average Bonchev–Trinajstić information content (AvgIpc) is 3.83. The molecular weight excluding hydrogens is 899 g/mol. The van der Waals surface area contributed by atoms with Crippen molar-refractivity contribution in [1.29, 1.82) is 0 Å². The maximum absolute atomic E-state index is 6.10. The van der Waals surface area contributed by atoms with Gasteiger partial charge in [0.15, 0.2) is 0 Å². The van der Waals surface area contributed by atoms with Gasteiger partial charge in [-0.15, -0.1) is 17.7 Å². The normalized spacial score (nSPS) is 13.2. The van der Waals surface area contributed by atoms with Crippen LogP contribution in [0.4, 0.5) is 0 Å². The first-order valence-electron chi connectivity index (χ1n) is 19.5. The van der Waals surface area contributed by atoms with Crippen molar-refractivity contribution in [3.63, 3.8) is 0 Å². The summed E-state index contributed by atoms with van der Waals surface area (Å²) in [5.74, 6) is 8.88. The number of rotatable bonds is 9. The predicted molar refractivity (Wildman–Crippen MR) is 224 cm³/mol. The van der Waals surface area contributed by atoms with E-state index in [0.29, 0.717) is 11.6 Å². The number of pyridine rings is 3. The van der Waals surface area contributed by atoms with E-state index in [0.717, 1.165) is 68.9 Å². The molecule has 8 rings (SSSR count). The van der Waals surface area contributed by atoms with E-state index < -0.39 is 13.3 Å². The smallest absolute Gasteiger partial charge is 0 e. The molecule has 0 atom stereocenters. The van der Waals surface area contributed by atoms with Crippen molar-refractivity contribution in [2.75, 3.05) is 0 Å². The quantitative estimate of drug-likeness (QED) is 0.107. The molecule has 1 saturated carbocycles. The van der Waals surface area contributed by atoms with Gasteiger partial charge < -0.3 is 9.40 Å². The third kappa shape index (κ3) is 8.97. The van der Waals surface area contributed by atoms with Crippen LogP contribution in [0.5, 0.6) is 0 Å². The molecule has 0 N–H and O–H groups in total. The van der Waals surface area contributed by atoms with Crippen LogP contribution < -0.4 is 4.40 Å². The number of nitrogens with zero attached hydrogens (tertiary/aromatic N) is 3. The van der Waals surface area contributed by atoms with Crippen molar-refractivity contribution in [2.24, 2.45) is 5.92 Å². The maximum atomic E-state index is 6.10. The van der Waals surface area contributed by atoms with E-state index in [2.05, 4.69) is 122 Å². The topological polar surface area (TPSA) is 51.8 Å². The molecule has 1 radical (unpaired) electrons. The first-order chi connectivity index (χ1) is 25.7. The maximum Gasteiger partial charge on any atom is 0 e. The van der Waals surface area contributed by atoms with E-state index in [-0.39, 0.29) is 20.1 Å². The Labute approximate surface area is 338 Å². The summed E-state index contributed by atoms with van der Waals surface area (Å²) in [6.45, 7) is 6.62. The van der Waals surface area contributed by atoms with Gasteiger partial charge in [-0.05, 0) is 36.6 Å². The zero-order valence-electron chi connectivity index (χ0n) is 32.5. The van der Waals surface area contributed by atoms with Gasteiger partial charge in [-0.3, -0.25) is 0 Å². The minimum Gasteiger partial charge on any atom is 0 e. The fourth-order valence-corrected chi connectivity index (χ4v) is 11.2. The molecule has 0 bridgehead atoms. The van der Waals surface area contributed by atoms with E-state index >= 15 is 0 Å². The summed E-state index contributed by atoms with van der Waals surface area (Å²) >= 11 is -1.89. The van der Waals surface area contributed by atoms with E-state index in [1.165, 1.54) is 43.2 Å². The Kier molecular flexibility index (Phi) is 13.0. The van der Waals surface area contributed by atoms with Crippen molar-refractivity contribution < 1.29 is 24.5 Å². The minimum absolute atomic E-state index is 0. The first-order valence-corrected chi connectivity index (χ1v) is 26.8.